The van der Waals surface area contributed by atoms with Crippen molar-refractivity contribution >= 4 is 11.6 Å². The Morgan fingerprint density at radius 1 is 1.35 bits per heavy atom. The van der Waals surface area contributed by atoms with Gasteiger partial charge in [-0.15, -0.1) is 0 Å². The molecule has 1 saturated carbocycles. The van der Waals surface area contributed by atoms with Gasteiger partial charge in [0.05, 0.1) is 17.8 Å². The van der Waals surface area contributed by atoms with Gasteiger partial charge in [-0.2, -0.15) is 18.4 Å². The number of benzene rings is 1. The molecule has 8 heteroatoms. The van der Waals surface area contributed by atoms with Gasteiger partial charge in [-0.05, 0) is 31.0 Å². The van der Waals surface area contributed by atoms with Crippen molar-refractivity contribution in [2.75, 3.05) is 5.32 Å². The summed E-state index contributed by atoms with van der Waals surface area (Å²) in [5.41, 5.74) is -1.96. The Hall–Kier alpha value is -2.82. The van der Waals surface area contributed by atoms with E-state index in [1.807, 2.05) is 6.07 Å². The Labute approximate surface area is 128 Å². The normalized spacial score (nSPS) is 15.7. The number of aromatic nitrogens is 1. The first-order chi connectivity index (χ1) is 10.8. The van der Waals surface area contributed by atoms with Crippen LogP contribution in [0.1, 0.15) is 18.4 Å². The summed E-state index contributed by atoms with van der Waals surface area (Å²) in [5, 5.41) is 11.4. The third kappa shape index (κ3) is 2.90. The summed E-state index contributed by atoms with van der Waals surface area (Å²) < 4.78 is 44.1. The molecule has 0 aliphatic heterocycles. The molecule has 1 fully saturated rings. The van der Waals surface area contributed by atoms with Crippen LogP contribution < -0.4 is 5.32 Å². The molecule has 118 valence electrons. The maximum absolute atomic E-state index is 13.0. The Balaban J connectivity index is 1.98. The van der Waals surface area contributed by atoms with E-state index < -0.39 is 23.1 Å². The van der Waals surface area contributed by atoms with Gasteiger partial charge < -0.3 is 9.73 Å². The second kappa shape index (κ2) is 5.12. The van der Waals surface area contributed by atoms with Crippen LogP contribution in [0.25, 0.3) is 11.3 Å². The molecule has 0 saturated heterocycles. The predicted molar refractivity (Wildman–Crippen MR) is 72.9 cm³/mol. The molecule has 0 bridgehead atoms. The van der Waals surface area contributed by atoms with E-state index in [0.29, 0.717) is 12.8 Å². The van der Waals surface area contributed by atoms with E-state index in [9.17, 15) is 18.0 Å². The molecule has 1 heterocycles. The Bertz CT molecular complexity index is 787. The Kier molecular flexibility index (Phi) is 3.36. The standard InChI is InChI=1S/C15H10F3N3O2/c16-15(17,18)10-3-9(12-6-20-8-23-12)4-11(5-10)21-13(22)14(7-19)1-2-14/h3-6,8H,1-2H2,(H,21,22). The van der Waals surface area contributed by atoms with Crippen molar-refractivity contribution < 1.29 is 22.4 Å². The molecule has 1 aromatic carbocycles. The smallest absolute Gasteiger partial charge is 0.416 e. The molecule has 0 spiro atoms. The number of nitrogens with zero attached hydrogens (tertiary/aromatic N) is 2. The molecule has 3 rings (SSSR count). The van der Waals surface area contributed by atoms with E-state index in [2.05, 4.69) is 10.3 Å². The van der Waals surface area contributed by atoms with E-state index >= 15 is 0 Å². The average Bonchev–Trinajstić information content (AvgIpc) is 3.11. The summed E-state index contributed by atoms with van der Waals surface area (Å²) in [6, 6.07) is 4.98. The molecule has 0 atom stereocenters. The van der Waals surface area contributed by atoms with Gasteiger partial charge >= 0.3 is 6.18 Å². The van der Waals surface area contributed by atoms with E-state index in [1.165, 1.54) is 12.3 Å². The maximum Gasteiger partial charge on any atom is 0.416 e. The number of hydrogen-bond acceptors (Lipinski definition) is 4. The number of anilines is 1. The second-order valence-corrected chi connectivity index (χ2v) is 5.31. The number of nitriles is 1. The van der Waals surface area contributed by atoms with Gasteiger partial charge in [0.15, 0.2) is 12.2 Å². The van der Waals surface area contributed by atoms with Crippen LogP contribution in [-0.2, 0) is 11.0 Å². The van der Waals surface area contributed by atoms with Crippen LogP contribution in [0.3, 0.4) is 0 Å². The first-order valence-corrected chi connectivity index (χ1v) is 6.68. The third-order valence-corrected chi connectivity index (χ3v) is 3.63. The van der Waals surface area contributed by atoms with Gasteiger partial charge in [-0.25, -0.2) is 4.98 Å². The van der Waals surface area contributed by atoms with Crippen molar-refractivity contribution in [3.8, 4) is 17.4 Å². The van der Waals surface area contributed by atoms with Gasteiger partial charge in [0.1, 0.15) is 5.41 Å². The quantitative estimate of drug-likeness (QED) is 0.936. The van der Waals surface area contributed by atoms with Gasteiger partial charge in [0, 0.05) is 11.3 Å². The summed E-state index contributed by atoms with van der Waals surface area (Å²) in [5.74, 6) is -0.448. The fourth-order valence-electron chi connectivity index (χ4n) is 2.13. The zero-order valence-electron chi connectivity index (χ0n) is 11.6. The van der Waals surface area contributed by atoms with E-state index in [4.69, 9.17) is 9.68 Å². The fourth-order valence-corrected chi connectivity index (χ4v) is 2.13. The van der Waals surface area contributed by atoms with Crippen molar-refractivity contribution in [1.29, 1.82) is 5.26 Å². The highest BCUT2D eigenvalue weighted by Gasteiger charge is 2.50. The minimum Gasteiger partial charge on any atom is -0.444 e. The van der Waals surface area contributed by atoms with Gasteiger partial charge in [-0.1, -0.05) is 0 Å². The van der Waals surface area contributed by atoms with Crippen molar-refractivity contribution in [2.24, 2.45) is 5.41 Å². The fraction of sp³-hybridized carbons (Fsp3) is 0.267. The maximum atomic E-state index is 13.0. The van der Waals surface area contributed by atoms with Crippen molar-refractivity contribution in [2.45, 2.75) is 19.0 Å². The van der Waals surface area contributed by atoms with Crippen molar-refractivity contribution in [3.63, 3.8) is 0 Å². The monoisotopic (exact) mass is 321 g/mol. The highest BCUT2D eigenvalue weighted by Crippen LogP contribution is 2.46. The zero-order valence-corrected chi connectivity index (χ0v) is 11.6. The topological polar surface area (TPSA) is 78.9 Å². The molecule has 23 heavy (non-hydrogen) atoms. The molecule has 1 aliphatic rings. The lowest BCUT2D eigenvalue weighted by Gasteiger charge is -2.13. The molecule has 0 unspecified atom stereocenters. The third-order valence-electron chi connectivity index (χ3n) is 3.63. The highest BCUT2D eigenvalue weighted by atomic mass is 19.4. The van der Waals surface area contributed by atoms with E-state index in [-0.39, 0.29) is 17.0 Å². The summed E-state index contributed by atoms with van der Waals surface area (Å²) in [7, 11) is 0. The first-order valence-electron chi connectivity index (χ1n) is 6.68. The van der Waals surface area contributed by atoms with Gasteiger partial charge in [-0.3, -0.25) is 4.79 Å². The number of halogens is 3. The summed E-state index contributed by atoms with van der Waals surface area (Å²) in [4.78, 5) is 15.7. The van der Waals surface area contributed by atoms with E-state index in [1.54, 1.807) is 0 Å². The summed E-state index contributed by atoms with van der Waals surface area (Å²) in [6.45, 7) is 0. The highest BCUT2D eigenvalue weighted by molar-refractivity contribution is 5.99. The number of carbonyl (C=O) groups excluding carboxylic acids is 1. The minimum atomic E-state index is -4.58. The number of hydrogen-bond donors (Lipinski definition) is 1. The van der Waals surface area contributed by atoms with Crippen LogP contribution in [-0.4, -0.2) is 10.9 Å². The van der Waals surface area contributed by atoms with Crippen LogP contribution >= 0.6 is 0 Å². The van der Waals surface area contributed by atoms with Crippen LogP contribution in [0.15, 0.2) is 35.2 Å². The van der Waals surface area contributed by atoms with Crippen LogP contribution in [0.2, 0.25) is 0 Å². The van der Waals surface area contributed by atoms with Gasteiger partial charge in [0.25, 0.3) is 0 Å². The second-order valence-electron chi connectivity index (χ2n) is 5.31. The summed E-state index contributed by atoms with van der Waals surface area (Å²) >= 11 is 0. The molecule has 5 nitrogen and oxygen atoms in total. The minimum absolute atomic E-state index is 0.0438. The molecular formula is C15H10F3N3O2. The number of rotatable bonds is 3. The Morgan fingerprint density at radius 3 is 2.61 bits per heavy atom. The molecule has 1 aliphatic carbocycles. The van der Waals surface area contributed by atoms with E-state index in [0.717, 1.165) is 18.5 Å². The first kappa shape index (κ1) is 15.1. The molecule has 1 aromatic heterocycles. The lowest BCUT2D eigenvalue weighted by atomic mass is 10.1. The van der Waals surface area contributed by atoms with Crippen LogP contribution in [0, 0.1) is 16.7 Å². The van der Waals surface area contributed by atoms with Crippen LogP contribution in [0.5, 0.6) is 0 Å². The Morgan fingerprint density at radius 2 is 2.09 bits per heavy atom. The average molecular weight is 321 g/mol. The molecule has 2 aromatic rings. The number of oxazole rings is 1. The SMILES string of the molecule is N#CC1(C(=O)Nc2cc(-c3cnco3)cc(C(F)(F)F)c2)CC1. The molecule has 1 N–H and O–H groups in total. The summed E-state index contributed by atoms with van der Waals surface area (Å²) in [6.07, 6.45) is -1.39. The number of amides is 1. The zero-order chi connectivity index (χ0) is 16.7. The molecule has 1 amide bonds. The number of nitrogens with one attached hydrogen (secondary N) is 1. The van der Waals surface area contributed by atoms with Crippen molar-refractivity contribution in [3.05, 3.63) is 36.4 Å². The predicted octanol–water partition coefficient (Wildman–Crippen LogP) is 3.60. The molecular weight excluding hydrogens is 311 g/mol. The van der Waals surface area contributed by atoms with Gasteiger partial charge in [0.2, 0.25) is 5.91 Å². The van der Waals surface area contributed by atoms with Crippen molar-refractivity contribution in [1.82, 2.24) is 4.98 Å². The molecule has 0 radical (unpaired) electrons. The lowest BCUT2D eigenvalue weighted by molar-refractivity contribution is -0.137. The van der Waals surface area contributed by atoms with Crippen LogP contribution in [0.4, 0.5) is 18.9 Å². The number of alkyl halides is 3. The number of carbonyl (C=O) groups is 1. The lowest BCUT2D eigenvalue weighted by Crippen LogP contribution is -2.23. The largest absolute Gasteiger partial charge is 0.444 e.